The Morgan fingerprint density at radius 1 is 1.09 bits per heavy atom. The van der Waals surface area contributed by atoms with Crippen LogP contribution in [0.25, 0.3) is 11.4 Å². The number of rotatable bonds is 2. The number of hydrogen-bond acceptors (Lipinski definition) is 5. The number of fused-ring (bicyclic) bond motifs is 1. The lowest BCUT2D eigenvalue weighted by atomic mass is 9.96. The molecule has 2 aromatic carbocycles. The molecular weight excluding hydrogens is 280 g/mol. The Bertz CT molecular complexity index is 812. The smallest absolute Gasteiger partial charge is 0.204 e. The number of nitrogens with one attached hydrogen (secondary N) is 1. The molecular formula is C16H12N4O2. The second-order valence-electron chi connectivity index (χ2n) is 5.09. The zero-order valence-corrected chi connectivity index (χ0v) is 11.6. The van der Waals surface area contributed by atoms with Gasteiger partial charge in [0, 0.05) is 5.56 Å². The molecule has 6 nitrogen and oxygen atoms in total. The molecule has 4 rings (SSSR count). The number of para-hydroxylation sites is 1. The van der Waals surface area contributed by atoms with Gasteiger partial charge in [-0.3, -0.25) is 4.79 Å². The van der Waals surface area contributed by atoms with Crippen LogP contribution in [0.3, 0.4) is 0 Å². The van der Waals surface area contributed by atoms with E-state index in [9.17, 15) is 4.79 Å². The largest absolute Gasteiger partial charge is 0.484 e. The van der Waals surface area contributed by atoms with Crippen LogP contribution in [0.15, 0.2) is 48.5 Å². The summed E-state index contributed by atoms with van der Waals surface area (Å²) in [6.07, 6.45) is 0.0835. The average molecular weight is 292 g/mol. The highest BCUT2D eigenvalue weighted by Crippen LogP contribution is 2.34. The summed E-state index contributed by atoms with van der Waals surface area (Å²) in [5, 5.41) is 13.8. The number of benzene rings is 2. The third kappa shape index (κ3) is 2.14. The van der Waals surface area contributed by atoms with Gasteiger partial charge in [-0.2, -0.15) is 5.21 Å². The number of nitrogens with zero attached hydrogens (tertiary/aromatic N) is 3. The first kappa shape index (κ1) is 12.7. The molecule has 0 spiro atoms. The van der Waals surface area contributed by atoms with Crippen molar-refractivity contribution >= 4 is 5.78 Å². The molecule has 6 heteroatoms. The summed E-state index contributed by atoms with van der Waals surface area (Å²) in [6.45, 7) is 0. The van der Waals surface area contributed by atoms with E-state index in [-0.39, 0.29) is 11.9 Å². The second kappa shape index (κ2) is 5.07. The molecule has 3 aromatic rings. The Hall–Kier alpha value is -3.02. The molecule has 1 N–H and O–H groups in total. The van der Waals surface area contributed by atoms with E-state index in [1.54, 1.807) is 6.07 Å². The van der Waals surface area contributed by atoms with Gasteiger partial charge in [0.25, 0.3) is 0 Å². The van der Waals surface area contributed by atoms with Crippen LogP contribution in [0.1, 0.15) is 28.4 Å². The first-order valence-electron chi connectivity index (χ1n) is 6.94. The van der Waals surface area contributed by atoms with Crippen molar-refractivity contribution in [2.75, 3.05) is 0 Å². The van der Waals surface area contributed by atoms with Crippen molar-refractivity contribution in [3.05, 3.63) is 59.7 Å². The van der Waals surface area contributed by atoms with E-state index in [1.807, 2.05) is 42.5 Å². The highest BCUT2D eigenvalue weighted by Gasteiger charge is 2.27. The molecule has 1 aromatic heterocycles. The van der Waals surface area contributed by atoms with E-state index >= 15 is 0 Å². The number of aromatic nitrogens is 4. The lowest BCUT2D eigenvalue weighted by Crippen LogP contribution is -2.20. The first-order valence-corrected chi connectivity index (χ1v) is 6.94. The van der Waals surface area contributed by atoms with E-state index in [4.69, 9.17) is 4.74 Å². The predicted molar refractivity (Wildman–Crippen MR) is 78.4 cm³/mol. The van der Waals surface area contributed by atoms with E-state index in [0.717, 1.165) is 11.1 Å². The SMILES string of the molecule is O=C1CC(c2ccc(-c3nn[nH]n3)cc2)Oc2ccccc21. The number of Topliss-reactive ketones (excluding diaryl/α,β-unsaturated/α-hetero) is 1. The summed E-state index contributed by atoms with van der Waals surface area (Å²) < 4.78 is 5.95. The number of ether oxygens (including phenoxy) is 1. The number of H-pyrrole nitrogens is 1. The van der Waals surface area contributed by atoms with Gasteiger partial charge in [-0.1, -0.05) is 36.4 Å². The molecule has 1 aliphatic rings. The van der Waals surface area contributed by atoms with Gasteiger partial charge in [-0.15, -0.1) is 10.2 Å². The van der Waals surface area contributed by atoms with Crippen molar-refractivity contribution < 1.29 is 9.53 Å². The highest BCUT2D eigenvalue weighted by atomic mass is 16.5. The molecule has 22 heavy (non-hydrogen) atoms. The highest BCUT2D eigenvalue weighted by molar-refractivity contribution is 5.99. The van der Waals surface area contributed by atoms with Crippen LogP contribution in [0, 0.1) is 0 Å². The van der Waals surface area contributed by atoms with Gasteiger partial charge in [-0.05, 0) is 22.9 Å². The zero-order valence-electron chi connectivity index (χ0n) is 11.6. The van der Waals surface area contributed by atoms with Crippen LogP contribution in [-0.2, 0) is 0 Å². The molecule has 108 valence electrons. The van der Waals surface area contributed by atoms with Gasteiger partial charge in [0.05, 0.1) is 12.0 Å². The fraction of sp³-hybridized carbons (Fsp3) is 0.125. The van der Waals surface area contributed by atoms with Crippen molar-refractivity contribution in [3.8, 4) is 17.1 Å². The minimum absolute atomic E-state index is 0.106. The number of tetrazole rings is 1. The number of carbonyl (C=O) groups excluding carboxylic acids is 1. The minimum atomic E-state index is -0.262. The summed E-state index contributed by atoms with van der Waals surface area (Å²) in [4.78, 5) is 12.2. The Morgan fingerprint density at radius 3 is 2.68 bits per heavy atom. The number of ketones is 1. The van der Waals surface area contributed by atoms with Crippen molar-refractivity contribution in [2.24, 2.45) is 0 Å². The summed E-state index contributed by atoms with van der Waals surface area (Å²) in [6, 6.07) is 15.0. The van der Waals surface area contributed by atoms with E-state index < -0.39 is 0 Å². The minimum Gasteiger partial charge on any atom is -0.484 e. The molecule has 1 atom stereocenters. The summed E-state index contributed by atoms with van der Waals surface area (Å²) in [5.41, 5.74) is 2.47. The molecule has 0 saturated heterocycles. The van der Waals surface area contributed by atoms with E-state index in [0.29, 0.717) is 23.6 Å². The Kier molecular flexibility index (Phi) is 2.93. The first-order chi connectivity index (χ1) is 10.8. The lowest BCUT2D eigenvalue weighted by Gasteiger charge is -2.25. The standard InChI is InChI=1S/C16H12N4O2/c21-13-9-15(22-14-4-2-1-3-12(13)14)10-5-7-11(8-6-10)16-17-19-20-18-16/h1-8,15H,9H2,(H,17,18,19,20). The Balaban J connectivity index is 1.62. The maximum atomic E-state index is 12.2. The molecule has 0 aliphatic carbocycles. The average Bonchev–Trinajstić information content (AvgIpc) is 3.09. The third-order valence-electron chi connectivity index (χ3n) is 3.71. The third-order valence-corrected chi connectivity index (χ3v) is 3.71. The normalized spacial score (nSPS) is 16.9. The van der Waals surface area contributed by atoms with Gasteiger partial charge in [0.2, 0.25) is 5.82 Å². The van der Waals surface area contributed by atoms with Crippen LogP contribution < -0.4 is 4.74 Å². The fourth-order valence-electron chi connectivity index (χ4n) is 2.59. The van der Waals surface area contributed by atoms with Gasteiger partial charge in [0.1, 0.15) is 11.9 Å². The quantitative estimate of drug-likeness (QED) is 0.785. The molecule has 0 amide bonds. The zero-order chi connectivity index (χ0) is 14.9. The molecule has 2 heterocycles. The van der Waals surface area contributed by atoms with Crippen molar-refractivity contribution in [1.82, 2.24) is 20.6 Å². The fourth-order valence-corrected chi connectivity index (χ4v) is 2.59. The summed E-state index contributed by atoms with van der Waals surface area (Å²) >= 11 is 0. The van der Waals surface area contributed by atoms with Crippen LogP contribution in [0.2, 0.25) is 0 Å². The van der Waals surface area contributed by atoms with Gasteiger partial charge >= 0.3 is 0 Å². The van der Waals surface area contributed by atoms with Crippen molar-refractivity contribution in [1.29, 1.82) is 0 Å². The second-order valence-corrected chi connectivity index (χ2v) is 5.09. The van der Waals surface area contributed by atoms with Crippen LogP contribution in [0.5, 0.6) is 5.75 Å². The van der Waals surface area contributed by atoms with Gasteiger partial charge < -0.3 is 4.74 Å². The van der Waals surface area contributed by atoms with Crippen LogP contribution in [0.4, 0.5) is 0 Å². The number of hydrogen-bond donors (Lipinski definition) is 1. The molecule has 0 radical (unpaired) electrons. The van der Waals surface area contributed by atoms with Crippen LogP contribution >= 0.6 is 0 Å². The number of carbonyl (C=O) groups is 1. The van der Waals surface area contributed by atoms with E-state index in [1.165, 1.54) is 0 Å². The number of aromatic amines is 1. The maximum Gasteiger partial charge on any atom is 0.204 e. The summed E-state index contributed by atoms with van der Waals surface area (Å²) in [5.74, 6) is 1.29. The summed E-state index contributed by atoms with van der Waals surface area (Å²) in [7, 11) is 0. The van der Waals surface area contributed by atoms with E-state index in [2.05, 4.69) is 20.6 Å². The monoisotopic (exact) mass is 292 g/mol. The predicted octanol–water partition coefficient (Wildman–Crippen LogP) is 2.57. The van der Waals surface area contributed by atoms with Gasteiger partial charge in [0.15, 0.2) is 5.78 Å². The topological polar surface area (TPSA) is 80.8 Å². The molecule has 1 unspecified atom stereocenters. The maximum absolute atomic E-state index is 12.2. The Morgan fingerprint density at radius 2 is 1.91 bits per heavy atom. The Labute approximate surface area is 126 Å². The molecule has 0 saturated carbocycles. The lowest BCUT2D eigenvalue weighted by molar-refractivity contribution is 0.0850. The molecule has 1 aliphatic heterocycles. The van der Waals surface area contributed by atoms with Crippen molar-refractivity contribution in [3.63, 3.8) is 0 Å². The van der Waals surface area contributed by atoms with Crippen molar-refractivity contribution in [2.45, 2.75) is 12.5 Å². The van der Waals surface area contributed by atoms with Crippen LogP contribution in [-0.4, -0.2) is 26.4 Å². The molecule has 0 bridgehead atoms. The molecule has 0 fully saturated rings. The van der Waals surface area contributed by atoms with Gasteiger partial charge in [-0.25, -0.2) is 0 Å².